The van der Waals surface area contributed by atoms with Crippen LogP contribution in [0.3, 0.4) is 0 Å². The van der Waals surface area contributed by atoms with E-state index in [2.05, 4.69) is 36.5 Å². The van der Waals surface area contributed by atoms with E-state index < -0.39 is 0 Å². The van der Waals surface area contributed by atoms with Crippen LogP contribution in [0.1, 0.15) is 30.4 Å². The van der Waals surface area contributed by atoms with E-state index in [1.165, 1.54) is 5.56 Å². The van der Waals surface area contributed by atoms with Gasteiger partial charge in [0.2, 0.25) is 0 Å². The molecule has 0 radical (unpaired) electrons. The summed E-state index contributed by atoms with van der Waals surface area (Å²) in [6.45, 7) is 2.06. The van der Waals surface area contributed by atoms with Gasteiger partial charge >= 0.3 is 0 Å². The zero-order chi connectivity index (χ0) is 12.5. The quantitative estimate of drug-likeness (QED) is 0.587. The second kappa shape index (κ2) is 4.45. The van der Waals surface area contributed by atoms with Crippen LogP contribution < -0.4 is 5.32 Å². The Morgan fingerprint density at radius 2 is 2.22 bits per heavy atom. The van der Waals surface area contributed by atoms with Crippen molar-refractivity contribution >= 4 is 17.2 Å². The second-order valence-electron chi connectivity index (χ2n) is 5.13. The Morgan fingerprint density at radius 1 is 1.33 bits per heavy atom. The van der Waals surface area contributed by atoms with Gasteiger partial charge in [0.1, 0.15) is 0 Å². The third-order valence-corrected chi connectivity index (χ3v) is 3.67. The molecule has 0 aromatic heterocycles. The minimum atomic E-state index is 0.0464. The number of amides is 1. The molecule has 2 heteroatoms. The van der Waals surface area contributed by atoms with Crippen LogP contribution in [0.15, 0.2) is 36.4 Å². The minimum Gasteiger partial charge on any atom is -0.321 e. The number of carbonyl (C=O) groups excluding carboxylic acids is 1. The van der Waals surface area contributed by atoms with Crippen LogP contribution >= 0.6 is 0 Å². The number of allylic oxidation sites excluding steroid dienone is 3. The number of fused-ring (bicyclic) bond motifs is 1. The Hall–Kier alpha value is -1.83. The molecule has 0 fully saturated rings. The lowest BCUT2D eigenvalue weighted by Crippen LogP contribution is -2.06. The standard InChI is InChI=1S/C16H17NO/c1-11-7-8-15-13(9-11)14(16(18)17-15)10-12-5-3-2-4-6-12/h2-3,7-10,12H,4-6H2,1H3,(H,17,18)/b14-10-. The zero-order valence-electron chi connectivity index (χ0n) is 10.6. The summed E-state index contributed by atoms with van der Waals surface area (Å²) in [5, 5.41) is 2.94. The lowest BCUT2D eigenvalue weighted by molar-refractivity contribution is -0.110. The fourth-order valence-electron chi connectivity index (χ4n) is 2.67. The predicted molar refractivity (Wildman–Crippen MR) is 74.3 cm³/mol. The molecule has 0 saturated carbocycles. The van der Waals surface area contributed by atoms with E-state index in [0.29, 0.717) is 5.92 Å². The Bertz CT molecular complexity index is 554. The van der Waals surface area contributed by atoms with Crippen molar-refractivity contribution in [2.75, 3.05) is 5.32 Å². The Labute approximate surface area is 107 Å². The summed E-state index contributed by atoms with van der Waals surface area (Å²) in [7, 11) is 0. The van der Waals surface area contributed by atoms with Crippen molar-refractivity contribution in [1.29, 1.82) is 0 Å². The molecule has 0 bridgehead atoms. The molecule has 3 rings (SSSR count). The van der Waals surface area contributed by atoms with Crippen LogP contribution in [0.4, 0.5) is 5.69 Å². The number of hydrogen-bond acceptors (Lipinski definition) is 1. The van der Waals surface area contributed by atoms with Crippen molar-refractivity contribution in [3.05, 3.63) is 47.6 Å². The molecule has 1 amide bonds. The van der Waals surface area contributed by atoms with Gasteiger partial charge < -0.3 is 5.32 Å². The number of rotatable bonds is 1. The van der Waals surface area contributed by atoms with Crippen molar-refractivity contribution in [2.45, 2.75) is 26.2 Å². The summed E-state index contributed by atoms with van der Waals surface area (Å²) in [6.07, 6.45) is 9.92. The van der Waals surface area contributed by atoms with Gasteiger partial charge in [-0.3, -0.25) is 4.79 Å². The van der Waals surface area contributed by atoms with Crippen LogP contribution in [0.2, 0.25) is 0 Å². The first-order valence-corrected chi connectivity index (χ1v) is 6.53. The second-order valence-corrected chi connectivity index (χ2v) is 5.13. The van der Waals surface area contributed by atoms with Gasteiger partial charge in [-0.15, -0.1) is 0 Å². The van der Waals surface area contributed by atoms with E-state index in [1.807, 2.05) is 12.1 Å². The van der Waals surface area contributed by atoms with E-state index in [0.717, 1.165) is 36.1 Å². The van der Waals surface area contributed by atoms with Crippen LogP contribution in [0, 0.1) is 12.8 Å². The molecular formula is C16H17NO. The summed E-state index contributed by atoms with van der Waals surface area (Å²) < 4.78 is 0. The molecule has 0 saturated heterocycles. The molecule has 1 unspecified atom stereocenters. The molecule has 2 aliphatic rings. The smallest absolute Gasteiger partial charge is 0.256 e. The number of carbonyl (C=O) groups is 1. The zero-order valence-corrected chi connectivity index (χ0v) is 10.6. The van der Waals surface area contributed by atoms with E-state index in [4.69, 9.17) is 0 Å². The average molecular weight is 239 g/mol. The van der Waals surface area contributed by atoms with Crippen molar-refractivity contribution in [1.82, 2.24) is 0 Å². The Kier molecular flexibility index (Phi) is 2.78. The monoisotopic (exact) mass is 239 g/mol. The molecule has 1 aliphatic carbocycles. The summed E-state index contributed by atoms with van der Waals surface area (Å²) in [6, 6.07) is 6.12. The van der Waals surface area contributed by atoms with Crippen LogP contribution in [-0.4, -0.2) is 5.91 Å². The largest absolute Gasteiger partial charge is 0.321 e. The number of hydrogen-bond donors (Lipinski definition) is 1. The fourth-order valence-corrected chi connectivity index (χ4v) is 2.67. The van der Waals surface area contributed by atoms with E-state index in [1.54, 1.807) is 0 Å². The molecule has 92 valence electrons. The maximum absolute atomic E-state index is 12.0. The molecule has 1 heterocycles. The van der Waals surface area contributed by atoms with E-state index >= 15 is 0 Å². The highest BCUT2D eigenvalue weighted by Gasteiger charge is 2.25. The van der Waals surface area contributed by atoms with Crippen molar-refractivity contribution in [3.8, 4) is 0 Å². The van der Waals surface area contributed by atoms with Crippen molar-refractivity contribution in [3.63, 3.8) is 0 Å². The molecule has 1 atom stereocenters. The average Bonchev–Trinajstić information content (AvgIpc) is 2.67. The van der Waals surface area contributed by atoms with Crippen LogP contribution in [0.25, 0.3) is 5.57 Å². The predicted octanol–water partition coefficient (Wildman–Crippen LogP) is 3.69. The molecular weight excluding hydrogens is 222 g/mol. The number of anilines is 1. The molecule has 2 nitrogen and oxygen atoms in total. The highest BCUT2D eigenvalue weighted by molar-refractivity contribution is 6.31. The van der Waals surface area contributed by atoms with Crippen LogP contribution in [0.5, 0.6) is 0 Å². The first kappa shape index (κ1) is 11.3. The molecule has 18 heavy (non-hydrogen) atoms. The van der Waals surface area contributed by atoms with Gasteiger partial charge in [-0.1, -0.05) is 29.9 Å². The summed E-state index contributed by atoms with van der Waals surface area (Å²) >= 11 is 0. The third kappa shape index (κ3) is 1.99. The fraction of sp³-hybridized carbons (Fsp3) is 0.312. The molecule has 1 aliphatic heterocycles. The summed E-state index contributed by atoms with van der Waals surface area (Å²) in [5.74, 6) is 0.548. The molecule has 1 aromatic rings. The van der Waals surface area contributed by atoms with Crippen molar-refractivity contribution < 1.29 is 4.79 Å². The van der Waals surface area contributed by atoms with Gasteiger partial charge in [-0.2, -0.15) is 0 Å². The molecule has 1 N–H and O–H groups in total. The maximum atomic E-state index is 12.0. The first-order chi connectivity index (χ1) is 8.74. The maximum Gasteiger partial charge on any atom is 0.256 e. The van der Waals surface area contributed by atoms with Gasteiger partial charge in [0.15, 0.2) is 0 Å². The summed E-state index contributed by atoms with van der Waals surface area (Å²) in [4.78, 5) is 12.0. The SMILES string of the molecule is Cc1ccc2c(c1)/C(=C/C1CC=CCC1)C(=O)N2. The highest BCUT2D eigenvalue weighted by Crippen LogP contribution is 2.34. The summed E-state index contributed by atoms with van der Waals surface area (Å²) in [5.41, 5.74) is 4.06. The molecule has 1 aromatic carbocycles. The highest BCUT2D eigenvalue weighted by atomic mass is 16.2. The van der Waals surface area contributed by atoms with E-state index in [-0.39, 0.29) is 5.91 Å². The Balaban J connectivity index is 1.97. The molecule has 0 spiro atoms. The Morgan fingerprint density at radius 3 is 3.00 bits per heavy atom. The van der Waals surface area contributed by atoms with E-state index in [9.17, 15) is 4.79 Å². The first-order valence-electron chi connectivity index (χ1n) is 6.53. The van der Waals surface area contributed by atoms with Crippen LogP contribution in [-0.2, 0) is 4.79 Å². The third-order valence-electron chi connectivity index (χ3n) is 3.67. The lowest BCUT2D eigenvalue weighted by Gasteiger charge is -2.14. The topological polar surface area (TPSA) is 29.1 Å². The lowest BCUT2D eigenvalue weighted by atomic mass is 9.91. The number of aryl methyl sites for hydroxylation is 1. The normalized spacial score (nSPS) is 24.2. The van der Waals surface area contributed by atoms with Gasteiger partial charge in [-0.05, 0) is 44.2 Å². The van der Waals surface area contributed by atoms with Gasteiger partial charge in [0.25, 0.3) is 5.91 Å². The van der Waals surface area contributed by atoms with Gasteiger partial charge in [0, 0.05) is 16.8 Å². The van der Waals surface area contributed by atoms with Gasteiger partial charge in [-0.25, -0.2) is 0 Å². The van der Waals surface area contributed by atoms with Gasteiger partial charge in [0.05, 0.1) is 0 Å². The number of benzene rings is 1. The minimum absolute atomic E-state index is 0.0464. The van der Waals surface area contributed by atoms with Crippen molar-refractivity contribution in [2.24, 2.45) is 5.92 Å². The number of nitrogens with one attached hydrogen (secondary N) is 1.